The molecule has 2 aromatic carbocycles. The first-order valence-electron chi connectivity index (χ1n) is 9.31. The molecular weight excluding hydrogens is 418 g/mol. The molecule has 0 radical (unpaired) electrons. The summed E-state index contributed by atoms with van der Waals surface area (Å²) in [6.07, 6.45) is 0. The average molecular weight is 442 g/mol. The number of hydrazone groups is 1. The Morgan fingerprint density at radius 1 is 1.07 bits per heavy atom. The number of nitrogens with zero attached hydrogens (tertiary/aromatic N) is 2. The summed E-state index contributed by atoms with van der Waals surface area (Å²) in [7, 11) is -3.94. The molecule has 0 atom stereocenters. The molecule has 0 aliphatic heterocycles. The molecule has 3 rings (SSSR count). The zero-order valence-corrected chi connectivity index (χ0v) is 18.6. The summed E-state index contributed by atoms with van der Waals surface area (Å²) in [4.78, 5) is 13.7. The second kappa shape index (κ2) is 9.23. The molecule has 0 bridgehead atoms. The van der Waals surface area contributed by atoms with Gasteiger partial charge < -0.3 is 0 Å². The molecule has 0 fully saturated rings. The quantitative estimate of drug-likeness (QED) is 0.443. The van der Waals surface area contributed by atoms with E-state index in [1.54, 1.807) is 31.2 Å². The molecule has 1 N–H and O–H groups in total. The number of anilines is 1. The molecule has 0 aliphatic carbocycles. The summed E-state index contributed by atoms with van der Waals surface area (Å²) in [5.74, 6) is -0.522. The second-order valence-electron chi connectivity index (χ2n) is 6.82. The Balaban J connectivity index is 1.93. The van der Waals surface area contributed by atoms with Gasteiger partial charge in [-0.3, -0.25) is 9.10 Å². The molecular formula is C22H23N3O3S2. The first-order valence-corrected chi connectivity index (χ1v) is 11.6. The number of rotatable bonds is 7. The number of carbonyl (C=O) groups is 1. The van der Waals surface area contributed by atoms with Crippen molar-refractivity contribution in [3.8, 4) is 0 Å². The van der Waals surface area contributed by atoms with E-state index in [1.807, 2.05) is 43.5 Å². The maximum atomic E-state index is 13.4. The van der Waals surface area contributed by atoms with Gasteiger partial charge in [-0.25, -0.2) is 13.8 Å². The molecule has 0 saturated carbocycles. The van der Waals surface area contributed by atoms with Crippen molar-refractivity contribution in [1.29, 1.82) is 0 Å². The minimum Gasteiger partial charge on any atom is -0.271 e. The van der Waals surface area contributed by atoms with Gasteiger partial charge in [-0.2, -0.15) is 5.10 Å². The van der Waals surface area contributed by atoms with Crippen molar-refractivity contribution in [2.24, 2.45) is 5.10 Å². The van der Waals surface area contributed by atoms with Crippen LogP contribution in [-0.4, -0.2) is 26.6 Å². The van der Waals surface area contributed by atoms with Crippen molar-refractivity contribution in [1.82, 2.24) is 5.43 Å². The van der Waals surface area contributed by atoms with Crippen LogP contribution in [0.25, 0.3) is 0 Å². The first-order chi connectivity index (χ1) is 14.3. The number of amides is 1. The minimum atomic E-state index is -3.94. The number of hydrogen-bond acceptors (Lipinski definition) is 5. The van der Waals surface area contributed by atoms with Crippen molar-refractivity contribution in [3.05, 3.63) is 82.0 Å². The van der Waals surface area contributed by atoms with E-state index < -0.39 is 15.9 Å². The highest BCUT2D eigenvalue weighted by atomic mass is 32.2. The van der Waals surface area contributed by atoms with Crippen molar-refractivity contribution in [3.63, 3.8) is 0 Å². The SMILES string of the molecule is C/C(=N\NC(=O)CN(c1cc(C)ccc1C)S(=O)(=O)c1ccccc1)c1cccs1. The summed E-state index contributed by atoms with van der Waals surface area (Å²) in [6, 6.07) is 17.4. The fourth-order valence-corrected chi connectivity index (χ4v) is 5.03. The Morgan fingerprint density at radius 2 is 1.80 bits per heavy atom. The summed E-state index contributed by atoms with van der Waals surface area (Å²) < 4.78 is 27.9. The molecule has 0 spiro atoms. The van der Waals surface area contributed by atoms with Crippen LogP contribution in [0.1, 0.15) is 22.9 Å². The summed E-state index contributed by atoms with van der Waals surface area (Å²) in [5, 5.41) is 6.04. The minimum absolute atomic E-state index is 0.122. The number of hydrogen-bond donors (Lipinski definition) is 1. The largest absolute Gasteiger partial charge is 0.271 e. The van der Waals surface area contributed by atoms with Gasteiger partial charge in [-0.15, -0.1) is 11.3 Å². The third kappa shape index (κ3) is 4.95. The lowest BCUT2D eigenvalue weighted by Gasteiger charge is -2.25. The van der Waals surface area contributed by atoms with E-state index in [0.29, 0.717) is 11.4 Å². The van der Waals surface area contributed by atoms with Gasteiger partial charge in [0.25, 0.3) is 15.9 Å². The van der Waals surface area contributed by atoms with E-state index >= 15 is 0 Å². The predicted molar refractivity (Wildman–Crippen MR) is 122 cm³/mol. The molecule has 0 aliphatic rings. The van der Waals surface area contributed by atoms with Gasteiger partial charge in [0.1, 0.15) is 6.54 Å². The van der Waals surface area contributed by atoms with E-state index in [-0.39, 0.29) is 11.4 Å². The number of thiophene rings is 1. The van der Waals surface area contributed by atoms with Crippen LogP contribution in [0.4, 0.5) is 5.69 Å². The lowest BCUT2D eigenvalue weighted by atomic mass is 10.1. The topological polar surface area (TPSA) is 78.8 Å². The summed E-state index contributed by atoms with van der Waals surface area (Å²) >= 11 is 1.51. The van der Waals surface area contributed by atoms with Gasteiger partial charge in [0.2, 0.25) is 0 Å². The third-order valence-corrected chi connectivity index (χ3v) is 7.23. The molecule has 6 nitrogen and oxygen atoms in total. The Morgan fingerprint density at radius 3 is 2.47 bits per heavy atom. The lowest BCUT2D eigenvalue weighted by Crippen LogP contribution is -2.40. The molecule has 1 heterocycles. The monoisotopic (exact) mass is 441 g/mol. The van der Waals surface area contributed by atoms with Crippen LogP contribution in [-0.2, 0) is 14.8 Å². The highest BCUT2D eigenvalue weighted by molar-refractivity contribution is 7.92. The normalized spacial score (nSPS) is 11.9. The molecule has 1 amide bonds. The number of nitrogens with one attached hydrogen (secondary N) is 1. The van der Waals surface area contributed by atoms with Crippen molar-refractivity contribution < 1.29 is 13.2 Å². The first kappa shape index (κ1) is 21.7. The molecule has 8 heteroatoms. The van der Waals surface area contributed by atoms with Crippen molar-refractivity contribution in [2.75, 3.05) is 10.8 Å². The van der Waals surface area contributed by atoms with Crippen LogP contribution in [0.15, 0.2) is 76.0 Å². The van der Waals surface area contributed by atoms with E-state index in [1.165, 1.54) is 23.5 Å². The van der Waals surface area contributed by atoms with Crippen LogP contribution >= 0.6 is 11.3 Å². The zero-order valence-electron chi connectivity index (χ0n) is 17.0. The van der Waals surface area contributed by atoms with Crippen LogP contribution in [0.5, 0.6) is 0 Å². The Kier molecular flexibility index (Phi) is 6.69. The standard InChI is InChI=1S/C22H23N3O3S2/c1-16-11-12-17(2)20(14-16)25(30(27,28)19-8-5-4-6-9-19)15-22(26)24-23-18(3)21-10-7-13-29-21/h4-14H,15H2,1-3H3,(H,24,26)/b23-18+. The fraction of sp³-hybridized carbons (Fsp3) is 0.182. The highest BCUT2D eigenvalue weighted by Crippen LogP contribution is 2.27. The van der Waals surface area contributed by atoms with E-state index in [2.05, 4.69) is 10.5 Å². The Hall–Kier alpha value is -2.97. The number of benzene rings is 2. The van der Waals surface area contributed by atoms with Gasteiger partial charge in [0.05, 0.1) is 16.3 Å². The van der Waals surface area contributed by atoms with Crippen molar-refractivity contribution in [2.45, 2.75) is 25.7 Å². The number of carbonyl (C=O) groups excluding carboxylic acids is 1. The average Bonchev–Trinajstić information content (AvgIpc) is 3.28. The number of aryl methyl sites for hydroxylation is 2. The van der Waals surface area contributed by atoms with Crippen molar-refractivity contribution >= 4 is 38.7 Å². The summed E-state index contributed by atoms with van der Waals surface area (Å²) in [6.45, 7) is 5.10. The van der Waals surface area contributed by atoms with Crippen LogP contribution < -0.4 is 9.73 Å². The summed E-state index contributed by atoms with van der Waals surface area (Å²) in [5.41, 5.74) is 5.25. The van der Waals surface area contributed by atoms with E-state index in [9.17, 15) is 13.2 Å². The predicted octanol–water partition coefficient (Wildman–Crippen LogP) is 4.10. The maximum Gasteiger partial charge on any atom is 0.264 e. The molecule has 0 unspecified atom stereocenters. The Bertz CT molecular complexity index is 1160. The van der Waals surface area contributed by atoms with Crippen LogP contribution in [0.2, 0.25) is 0 Å². The van der Waals surface area contributed by atoms with E-state index in [4.69, 9.17) is 0 Å². The van der Waals surface area contributed by atoms with Gasteiger partial charge in [0, 0.05) is 4.88 Å². The second-order valence-corrected chi connectivity index (χ2v) is 9.63. The Labute approximate surface area is 180 Å². The smallest absolute Gasteiger partial charge is 0.264 e. The fourth-order valence-electron chi connectivity index (χ4n) is 2.86. The molecule has 3 aromatic rings. The van der Waals surface area contributed by atoms with Crippen LogP contribution in [0, 0.1) is 13.8 Å². The molecule has 0 saturated heterocycles. The molecule has 156 valence electrons. The number of sulfonamides is 1. The van der Waals surface area contributed by atoms with Gasteiger partial charge in [-0.1, -0.05) is 36.4 Å². The third-order valence-electron chi connectivity index (χ3n) is 4.48. The molecule has 30 heavy (non-hydrogen) atoms. The van der Waals surface area contributed by atoms with Gasteiger partial charge >= 0.3 is 0 Å². The zero-order chi connectivity index (χ0) is 21.7. The highest BCUT2D eigenvalue weighted by Gasteiger charge is 2.28. The molecule has 1 aromatic heterocycles. The van der Waals surface area contributed by atoms with Gasteiger partial charge in [-0.05, 0) is 61.5 Å². The van der Waals surface area contributed by atoms with Crippen LogP contribution in [0.3, 0.4) is 0 Å². The van der Waals surface area contributed by atoms with E-state index in [0.717, 1.165) is 20.3 Å². The van der Waals surface area contributed by atoms with Gasteiger partial charge in [0.15, 0.2) is 0 Å². The lowest BCUT2D eigenvalue weighted by molar-refractivity contribution is -0.119. The maximum absolute atomic E-state index is 13.4.